The molecule has 0 spiro atoms. The number of hydrogen-bond donors (Lipinski definition) is 1. The third kappa shape index (κ3) is 3.92. The Kier molecular flexibility index (Phi) is 5.76. The summed E-state index contributed by atoms with van der Waals surface area (Å²) in [5, 5.41) is 2.62. The fourth-order valence-electron chi connectivity index (χ4n) is 5.22. The molecule has 180 valence electrons. The van der Waals surface area contributed by atoms with E-state index >= 15 is 0 Å². The maximum atomic E-state index is 12.9. The summed E-state index contributed by atoms with van der Waals surface area (Å²) in [5.74, 6) is -0.985. The Bertz CT molecular complexity index is 1210. The Morgan fingerprint density at radius 1 is 0.943 bits per heavy atom. The highest BCUT2D eigenvalue weighted by Crippen LogP contribution is 2.53. The summed E-state index contributed by atoms with van der Waals surface area (Å²) in [4.78, 5) is 51.8. The molecule has 0 radical (unpaired) electrons. The normalized spacial score (nSPS) is 23.9. The zero-order valence-corrected chi connectivity index (χ0v) is 19.2. The summed E-state index contributed by atoms with van der Waals surface area (Å²) in [6.07, 6.45) is 4.95. The highest BCUT2D eigenvalue weighted by Gasteiger charge is 2.59. The number of nitrogens with one attached hydrogen (secondary N) is 1. The van der Waals surface area contributed by atoms with Gasteiger partial charge in [-0.15, -0.1) is 0 Å². The number of rotatable bonds is 7. The second-order valence-electron chi connectivity index (χ2n) is 8.75. The number of esters is 1. The average molecular weight is 476 g/mol. The number of carbonyl (C=O) groups excluding carboxylic acids is 4. The molecular formula is C26H24N2O7. The highest BCUT2D eigenvalue weighted by molar-refractivity contribution is 6.22. The van der Waals surface area contributed by atoms with Gasteiger partial charge in [-0.05, 0) is 54.7 Å². The predicted molar refractivity (Wildman–Crippen MR) is 125 cm³/mol. The van der Waals surface area contributed by atoms with Gasteiger partial charge < -0.3 is 19.5 Å². The van der Waals surface area contributed by atoms with Crippen LogP contribution in [0.2, 0.25) is 0 Å². The predicted octanol–water partition coefficient (Wildman–Crippen LogP) is 2.81. The quantitative estimate of drug-likeness (QED) is 0.372. The van der Waals surface area contributed by atoms with Crippen LogP contribution >= 0.6 is 0 Å². The van der Waals surface area contributed by atoms with Gasteiger partial charge in [0.2, 0.25) is 11.8 Å². The molecule has 9 heteroatoms. The fourth-order valence-corrected chi connectivity index (χ4v) is 5.22. The fraction of sp³-hybridized carbons (Fsp3) is 0.308. The molecule has 1 aliphatic heterocycles. The van der Waals surface area contributed by atoms with Crippen molar-refractivity contribution in [3.05, 3.63) is 60.2 Å². The van der Waals surface area contributed by atoms with Crippen LogP contribution in [0.5, 0.6) is 11.5 Å². The zero-order chi connectivity index (χ0) is 24.7. The van der Waals surface area contributed by atoms with Gasteiger partial charge in [-0.25, -0.2) is 4.79 Å². The van der Waals surface area contributed by atoms with E-state index in [4.69, 9.17) is 14.2 Å². The van der Waals surface area contributed by atoms with Crippen molar-refractivity contribution in [1.29, 1.82) is 0 Å². The molecule has 1 saturated heterocycles. The molecule has 4 atom stereocenters. The molecule has 1 saturated carbocycles. The van der Waals surface area contributed by atoms with E-state index in [1.807, 2.05) is 12.2 Å². The number of benzene rings is 2. The monoisotopic (exact) mass is 476 g/mol. The van der Waals surface area contributed by atoms with E-state index in [9.17, 15) is 19.2 Å². The molecule has 3 amide bonds. The molecule has 1 N–H and O–H groups in total. The van der Waals surface area contributed by atoms with E-state index in [0.29, 0.717) is 22.9 Å². The maximum absolute atomic E-state index is 12.9. The number of ether oxygens (including phenoxy) is 3. The van der Waals surface area contributed by atoms with Crippen LogP contribution in [-0.4, -0.2) is 44.5 Å². The van der Waals surface area contributed by atoms with E-state index in [1.54, 1.807) is 30.3 Å². The first-order valence-corrected chi connectivity index (χ1v) is 11.3. The minimum Gasteiger partial charge on any atom is -0.497 e. The number of carbonyl (C=O) groups is 4. The van der Waals surface area contributed by atoms with Crippen molar-refractivity contribution in [2.75, 3.05) is 31.0 Å². The minimum atomic E-state index is -0.706. The summed E-state index contributed by atoms with van der Waals surface area (Å²) in [6.45, 7) is -0.511. The molecule has 2 aromatic carbocycles. The van der Waals surface area contributed by atoms with Gasteiger partial charge in [0.1, 0.15) is 11.5 Å². The molecule has 35 heavy (non-hydrogen) atoms. The van der Waals surface area contributed by atoms with E-state index < -0.39 is 18.5 Å². The summed E-state index contributed by atoms with van der Waals surface area (Å²) < 4.78 is 15.5. The average Bonchev–Trinajstić information content (AvgIpc) is 3.56. The number of methoxy groups -OCH3 is 2. The molecule has 2 aromatic rings. The Morgan fingerprint density at radius 2 is 1.60 bits per heavy atom. The maximum Gasteiger partial charge on any atom is 0.338 e. The van der Waals surface area contributed by atoms with Crippen LogP contribution in [0.25, 0.3) is 0 Å². The molecular weight excluding hydrogens is 452 g/mol. The minimum absolute atomic E-state index is 0.129. The van der Waals surface area contributed by atoms with E-state index in [1.165, 1.54) is 31.3 Å². The van der Waals surface area contributed by atoms with Crippen LogP contribution < -0.4 is 19.7 Å². The van der Waals surface area contributed by atoms with Crippen molar-refractivity contribution in [2.24, 2.45) is 23.7 Å². The largest absolute Gasteiger partial charge is 0.497 e. The van der Waals surface area contributed by atoms with Gasteiger partial charge in [0.15, 0.2) is 6.61 Å². The van der Waals surface area contributed by atoms with Crippen molar-refractivity contribution < 1.29 is 33.4 Å². The third-order valence-electron chi connectivity index (χ3n) is 6.85. The Morgan fingerprint density at radius 3 is 2.20 bits per heavy atom. The molecule has 0 unspecified atom stereocenters. The summed E-state index contributed by atoms with van der Waals surface area (Å²) in [6, 6.07) is 11.0. The molecule has 9 nitrogen and oxygen atoms in total. The first kappa shape index (κ1) is 22.6. The lowest BCUT2D eigenvalue weighted by Gasteiger charge is -2.17. The summed E-state index contributed by atoms with van der Waals surface area (Å²) in [7, 11) is 2.97. The first-order valence-electron chi connectivity index (χ1n) is 11.3. The molecule has 3 aliphatic rings. The van der Waals surface area contributed by atoms with Crippen molar-refractivity contribution in [3.8, 4) is 11.5 Å². The Hall–Kier alpha value is -4.14. The van der Waals surface area contributed by atoms with Gasteiger partial charge in [-0.1, -0.05) is 12.2 Å². The smallest absolute Gasteiger partial charge is 0.338 e. The number of allylic oxidation sites excluding steroid dienone is 2. The molecule has 0 aromatic heterocycles. The van der Waals surface area contributed by atoms with Crippen molar-refractivity contribution in [3.63, 3.8) is 0 Å². The molecule has 2 fully saturated rings. The number of imide groups is 1. The van der Waals surface area contributed by atoms with Crippen molar-refractivity contribution in [1.82, 2.24) is 0 Å². The van der Waals surface area contributed by atoms with Gasteiger partial charge in [0, 0.05) is 6.07 Å². The van der Waals surface area contributed by atoms with Crippen LogP contribution in [0.1, 0.15) is 16.8 Å². The Labute approximate surface area is 201 Å². The molecule has 5 rings (SSSR count). The van der Waals surface area contributed by atoms with Crippen molar-refractivity contribution in [2.45, 2.75) is 6.42 Å². The lowest BCUT2D eigenvalue weighted by atomic mass is 9.85. The zero-order valence-electron chi connectivity index (χ0n) is 19.2. The standard InChI is InChI=1S/C26H24N2O7/c1-33-18-9-10-20(34-2)19(12-18)27-21(29)13-35-26(32)14-5-7-17(8-6-14)28-24(30)22-15-3-4-16(11-15)23(22)25(28)31/h3-10,12,15-16,22-23H,11,13H2,1-2H3,(H,27,29)/t15-,16-,22-,23+/m0/s1. The lowest BCUT2D eigenvalue weighted by molar-refractivity contribution is -0.123. The SMILES string of the molecule is COc1ccc(OC)c(NC(=O)COC(=O)c2ccc(N3C(=O)[C@@H]4[C@H](C3=O)[C@H]3C=C[C@H]4C3)cc2)c1. The van der Waals surface area contributed by atoms with E-state index in [0.717, 1.165) is 6.42 Å². The number of fused-ring (bicyclic) bond motifs is 5. The number of amides is 3. The van der Waals surface area contributed by atoms with Crippen LogP contribution in [0.15, 0.2) is 54.6 Å². The molecule has 2 bridgehead atoms. The molecule has 2 aliphatic carbocycles. The van der Waals surface area contributed by atoms with Crippen LogP contribution in [0, 0.1) is 23.7 Å². The van der Waals surface area contributed by atoms with Gasteiger partial charge in [-0.2, -0.15) is 0 Å². The van der Waals surface area contributed by atoms with Crippen LogP contribution in [0.3, 0.4) is 0 Å². The number of hydrogen-bond acceptors (Lipinski definition) is 7. The van der Waals surface area contributed by atoms with Gasteiger partial charge in [0.05, 0.1) is 43.0 Å². The first-order chi connectivity index (χ1) is 16.9. The highest BCUT2D eigenvalue weighted by atomic mass is 16.5. The second-order valence-corrected chi connectivity index (χ2v) is 8.75. The topological polar surface area (TPSA) is 111 Å². The lowest BCUT2D eigenvalue weighted by Crippen LogP contribution is -2.32. The van der Waals surface area contributed by atoms with E-state index in [-0.39, 0.29) is 41.0 Å². The molecule has 1 heterocycles. The second kappa shape index (κ2) is 8.90. The Balaban J connectivity index is 1.20. The summed E-state index contributed by atoms with van der Waals surface area (Å²) >= 11 is 0. The summed E-state index contributed by atoms with van der Waals surface area (Å²) in [5.41, 5.74) is 1.00. The van der Waals surface area contributed by atoms with Gasteiger partial charge in [-0.3, -0.25) is 19.3 Å². The van der Waals surface area contributed by atoms with Crippen LogP contribution in [-0.2, 0) is 19.1 Å². The van der Waals surface area contributed by atoms with Crippen LogP contribution in [0.4, 0.5) is 11.4 Å². The van der Waals surface area contributed by atoms with Gasteiger partial charge >= 0.3 is 5.97 Å². The van der Waals surface area contributed by atoms with Crippen molar-refractivity contribution >= 4 is 35.1 Å². The number of anilines is 2. The van der Waals surface area contributed by atoms with E-state index in [2.05, 4.69) is 5.32 Å². The third-order valence-corrected chi connectivity index (χ3v) is 6.85. The number of nitrogens with zero attached hydrogens (tertiary/aromatic N) is 1. The van der Waals surface area contributed by atoms with Gasteiger partial charge in [0.25, 0.3) is 5.91 Å².